The lowest BCUT2D eigenvalue weighted by Crippen LogP contribution is -2.66. The van der Waals surface area contributed by atoms with Gasteiger partial charge in [0, 0.05) is 41.2 Å². The molecule has 0 aromatic heterocycles. The van der Waals surface area contributed by atoms with Gasteiger partial charge in [0.2, 0.25) is 0 Å². The monoisotopic (exact) mass is 422 g/mol. The predicted octanol–water partition coefficient (Wildman–Crippen LogP) is -1.81. The number of carboxylic acids is 1. The molecule has 0 aromatic carbocycles. The first-order chi connectivity index (χ1) is 12.5. The Labute approximate surface area is 162 Å². The molecule has 10 nitrogen and oxygen atoms in total. The third-order valence-corrected chi connectivity index (χ3v) is 7.61. The van der Waals surface area contributed by atoms with Gasteiger partial charge in [-0.15, -0.1) is 11.8 Å². The van der Waals surface area contributed by atoms with Crippen LogP contribution in [0.3, 0.4) is 0 Å². The van der Waals surface area contributed by atoms with Crippen LogP contribution >= 0.6 is 11.8 Å². The summed E-state index contributed by atoms with van der Waals surface area (Å²) >= 11 is 1.45. The summed E-state index contributed by atoms with van der Waals surface area (Å²) in [6, 6.07) is -0.318. The molecule has 0 aromatic rings. The molecule has 7 atom stereocenters. The zero-order chi connectivity index (χ0) is 20.1. The van der Waals surface area contributed by atoms with E-state index >= 15 is 0 Å². The number of fused-ring (bicyclic) bond motifs is 1. The lowest BCUT2D eigenvalue weighted by molar-refractivity contribution is -0.192. The van der Waals surface area contributed by atoms with Crippen molar-refractivity contribution in [3.8, 4) is 0 Å². The summed E-state index contributed by atoms with van der Waals surface area (Å²) in [7, 11) is -3.75. The van der Waals surface area contributed by atoms with Gasteiger partial charge >= 0.3 is 5.97 Å². The van der Waals surface area contributed by atoms with E-state index in [1.165, 1.54) is 16.7 Å². The van der Waals surface area contributed by atoms with Crippen molar-refractivity contribution in [3.63, 3.8) is 0 Å². The van der Waals surface area contributed by atoms with Crippen molar-refractivity contribution in [2.45, 2.75) is 49.9 Å². The summed E-state index contributed by atoms with van der Waals surface area (Å²) in [5.41, 5.74) is 0.105. The number of rotatable bonds is 7. The summed E-state index contributed by atoms with van der Waals surface area (Å²) in [6.45, 7) is 4.30. The first kappa shape index (κ1) is 20.8. The van der Waals surface area contributed by atoms with Crippen molar-refractivity contribution >= 4 is 27.9 Å². The number of nitrogens with two attached hydrogens (primary N) is 1. The molecule has 7 unspecified atom stereocenters. The van der Waals surface area contributed by atoms with E-state index in [2.05, 4.69) is 10.0 Å². The average Bonchev–Trinajstić information content (AvgIpc) is 3.07. The number of nitrogens with zero attached hydrogens (tertiary/aromatic N) is 1. The van der Waals surface area contributed by atoms with Crippen molar-refractivity contribution in [2.24, 2.45) is 17.0 Å². The van der Waals surface area contributed by atoms with E-state index in [4.69, 9.17) is 5.14 Å². The third-order valence-electron chi connectivity index (χ3n) is 5.53. The lowest BCUT2D eigenvalue weighted by atomic mass is 9.78. The highest BCUT2D eigenvalue weighted by Crippen LogP contribution is 2.53. The summed E-state index contributed by atoms with van der Waals surface area (Å²) in [5, 5.41) is 38.1. The van der Waals surface area contributed by atoms with E-state index in [9.17, 15) is 28.5 Å². The molecule has 0 saturated carbocycles. The van der Waals surface area contributed by atoms with Crippen LogP contribution in [0.5, 0.6) is 0 Å². The van der Waals surface area contributed by atoms with Crippen LogP contribution in [-0.2, 0) is 15.0 Å². The molecule has 154 valence electrons. The van der Waals surface area contributed by atoms with Gasteiger partial charge in [-0.2, -0.15) is 8.42 Å². The number of aliphatic hydroxyl groups is 2. The van der Waals surface area contributed by atoms with Gasteiger partial charge in [-0.25, -0.2) is 14.7 Å². The molecule has 12 heteroatoms. The fourth-order valence-corrected chi connectivity index (χ4v) is 6.27. The second-order valence-corrected chi connectivity index (χ2v) is 10.1. The number of aliphatic hydroxyl groups excluding tert-OH is 2. The second-order valence-electron chi connectivity index (χ2n) is 7.41. The summed E-state index contributed by atoms with van der Waals surface area (Å²) < 4.78 is 24.3. The lowest BCUT2D eigenvalue weighted by Gasteiger charge is -2.53. The van der Waals surface area contributed by atoms with Crippen molar-refractivity contribution in [2.75, 3.05) is 13.1 Å². The molecule has 2 fully saturated rings. The van der Waals surface area contributed by atoms with Crippen LogP contribution in [0, 0.1) is 11.8 Å². The molecule has 0 spiro atoms. The molecule has 27 heavy (non-hydrogen) atoms. The van der Waals surface area contributed by atoms with E-state index in [1.807, 2.05) is 6.92 Å². The van der Waals surface area contributed by atoms with Gasteiger partial charge in [-0.05, 0) is 13.3 Å². The van der Waals surface area contributed by atoms with Gasteiger partial charge in [0.05, 0.1) is 12.0 Å². The van der Waals surface area contributed by atoms with Crippen LogP contribution in [0.1, 0.15) is 20.3 Å². The Morgan fingerprint density at radius 3 is 2.74 bits per heavy atom. The standard InChI is InChI=1S/C15H26N4O6S2/c1-6-11-10(7(2)20)14(21)19(11)12(15(22)23)13(6)26-9-3-8(17-5-9)4-18-27(16,24)25/h6-11,14,17-18,20-21H,3-5H2,1-2H3,(H,22,23)(H2,16,24,25). The minimum Gasteiger partial charge on any atom is -0.477 e. The SMILES string of the molecule is CC(O)C1C(O)N2C(C(=O)O)=C(SC3CNC(CNS(N)(=O)=O)C3)C(C)C12. The average molecular weight is 423 g/mol. The van der Waals surface area contributed by atoms with Crippen LogP contribution in [-0.4, -0.2) is 77.4 Å². The maximum atomic E-state index is 11.8. The van der Waals surface area contributed by atoms with E-state index in [1.54, 1.807) is 6.92 Å². The number of carbonyl (C=O) groups is 1. The maximum absolute atomic E-state index is 11.8. The Bertz CT molecular complexity index is 743. The first-order valence-corrected chi connectivity index (χ1v) is 11.2. The zero-order valence-corrected chi connectivity index (χ0v) is 16.7. The van der Waals surface area contributed by atoms with E-state index < -0.39 is 28.5 Å². The van der Waals surface area contributed by atoms with Crippen molar-refractivity contribution in [3.05, 3.63) is 10.6 Å². The molecule has 0 radical (unpaired) electrons. The Hall–Kier alpha value is -0.890. The maximum Gasteiger partial charge on any atom is 0.353 e. The highest BCUT2D eigenvalue weighted by molar-refractivity contribution is 8.03. The summed E-state index contributed by atoms with van der Waals surface area (Å²) in [5.74, 6) is -1.60. The minimum absolute atomic E-state index is 0.0740. The van der Waals surface area contributed by atoms with Crippen molar-refractivity contribution < 1.29 is 28.5 Å². The normalized spacial score (nSPS) is 37.3. The molecule has 0 bridgehead atoms. The van der Waals surface area contributed by atoms with Gasteiger partial charge in [-0.3, -0.25) is 0 Å². The molecule has 3 aliphatic heterocycles. The Kier molecular flexibility index (Phi) is 5.79. The van der Waals surface area contributed by atoms with Crippen LogP contribution in [0.25, 0.3) is 0 Å². The molecule has 0 aliphatic carbocycles. The number of aliphatic carboxylic acids is 1. The van der Waals surface area contributed by atoms with Gasteiger partial charge in [0.25, 0.3) is 10.2 Å². The predicted molar refractivity (Wildman–Crippen MR) is 99.5 cm³/mol. The van der Waals surface area contributed by atoms with Crippen LogP contribution < -0.4 is 15.2 Å². The summed E-state index contributed by atoms with van der Waals surface area (Å²) in [4.78, 5) is 14.0. The zero-order valence-electron chi connectivity index (χ0n) is 15.1. The Balaban J connectivity index is 1.70. The van der Waals surface area contributed by atoms with E-state index in [0.29, 0.717) is 17.9 Å². The number of hydrogen-bond acceptors (Lipinski definition) is 8. The molecular weight excluding hydrogens is 396 g/mol. The Morgan fingerprint density at radius 1 is 1.52 bits per heavy atom. The largest absolute Gasteiger partial charge is 0.477 e. The third kappa shape index (κ3) is 3.97. The molecule has 3 heterocycles. The molecule has 0 amide bonds. The summed E-state index contributed by atoms with van der Waals surface area (Å²) in [6.07, 6.45) is -1.08. The van der Waals surface area contributed by atoms with Gasteiger partial charge in [0.1, 0.15) is 11.9 Å². The topological polar surface area (TPSA) is 165 Å². The van der Waals surface area contributed by atoms with Gasteiger partial charge < -0.3 is 25.5 Å². The van der Waals surface area contributed by atoms with Crippen LogP contribution in [0.2, 0.25) is 0 Å². The number of thioether (sulfide) groups is 1. The van der Waals surface area contributed by atoms with E-state index in [-0.39, 0.29) is 41.4 Å². The van der Waals surface area contributed by atoms with Crippen molar-refractivity contribution in [1.82, 2.24) is 14.9 Å². The fourth-order valence-electron chi connectivity index (χ4n) is 4.31. The minimum atomic E-state index is -3.75. The molecule has 3 aliphatic rings. The first-order valence-electron chi connectivity index (χ1n) is 8.80. The number of hydrogen-bond donors (Lipinski definition) is 6. The highest BCUT2D eigenvalue weighted by atomic mass is 32.2. The fraction of sp³-hybridized carbons (Fsp3) is 0.800. The molecule has 2 saturated heterocycles. The van der Waals surface area contributed by atoms with Crippen LogP contribution in [0.15, 0.2) is 10.6 Å². The smallest absolute Gasteiger partial charge is 0.353 e. The molecular formula is C15H26N4O6S2. The number of nitrogens with one attached hydrogen (secondary N) is 2. The highest BCUT2D eigenvalue weighted by Gasteiger charge is 2.59. The van der Waals surface area contributed by atoms with E-state index in [0.717, 1.165) is 0 Å². The number of carboxylic acid groups (broad SMARTS) is 1. The second kappa shape index (κ2) is 7.50. The quantitative estimate of drug-likeness (QED) is 0.277. The van der Waals surface area contributed by atoms with Crippen LogP contribution in [0.4, 0.5) is 0 Å². The van der Waals surface area contributed by atoms with Gasteiger partial charge in [0.15, 0.2) is 0 Å². The molecule has 7 N–H and O–H groups in total. The van der Waals surface area contributed by atoms with Gasteiger partial charge in [-0.1, -0.05) is 6.92 Å². The Morgan fingerprint density at radius 2 is 2.19 bits per heavy atom. The van der Waals surface area contributed by atoms with Crippen molar-refractivity contribution in [1.29, 1.82) is 0 Å². The molecule has 3 rings (SSSR count).